The minimum Gasteiger partial charge on any atom is -0.444 e. The van der Waals surface area contributed by atoms with Crippen molar-refractivity contribution in [1.29, 1.82) is 0 Å². The van der Waals surface area contributed by atoms with Crippen molar-refractivity contribution in [1.82, 2.24) is 10.2 Å². The SMILES string of the molecule is NC1NC(=O)CC[C@@H]1N1Cc2cc(-c3ccc(NC(=O)OCc4ccccc4)cc3)ccc2C1=O. The Kier molecular flexibility index (Phi) is 6.20. The van der Waals surface area contributed by atoms with Crippen molar-refractivity contribution in [3.05, 3.63) is 89.5 Å². The number of nitrogens with zero attached hydrogens (tertiary/aromatic N) is 1. The van der Waals surface area contributed by atoms with Crippen molar-refractivity contribution in [3.8, 4) is 11.1 Å². The summed E-state index contributed by atoms with van der Waals surface area (Å²) < 4.78 is 5.26. The van der Waals surface area contributed by atoms with Gasteiger partial charge in [0.25, 0.3) is 5.91 Å². The summed E-state index contributed by atoms with van der Waals surface area (Å²) in [5, 5.41) is 5.47. The van der Waals surface area contributed by atoms with E-state index in [9.17, 15) is 14.4 Å². The third-order valence-electron chi connectivity index (χ3n) is 6.42. The minimum atomic E-state index is -0.562. The summed E-state index contributed by atoms with van der Waals surface area (Å²) in [6, 6.07) is 22.5. The molecule has 8 heteroatoms. The van der Waals surface area contributed by atoms with E-state index in [0.717, 1.165) is 22.3 Å². The van der Waals surface area contributed by atoms with Crippen LogP contribution in [0.15, 0.2) is 72.8 Å². The van der Waals surface area contributed by atoms with Crippen LogP contribution in [0.3, 0.4) is 0 Å². The highest BCUT2D eigenvalue weighted by molar-refractivity contribution is 5.99. The van der Waals surface area contributed by atoms with Crippen LogP contribution in [0.5, 0.6) is 0 Å². The summed E-state index contributed by atoms with van der Waals surface area (Å²) in [5.41, 5.74) is 11.2. The zero-order valence-electron chi connectivity index (χ0n) is 19.1. The maximum Gasteiger partial charge on any atom is 0.411 e. The highest BCUT2D eigenvalue weighted by Crippen LogP contribution is 2.32. The first-order chi connectivity index (χ1) is 17.0. The molecular formula is C27H26N4O4. The lowest BCUT2D eigenvalue weighted by atomic mass is 10.0. The molecule has 0 aromatic heterocycles. The Hall–Kier alpha value is -4.17. The van der Waals surface area contributed by atoms with Crippen LogP contribution in [0.1, 0.15) is 34.3 Å². The number of amides is 3. The van der Waals surface area contributed by atoms with Gasteiger partial charge in [0.2, 0.25) is 5.91 Å². The van der Waals surface area contributed by atoms with E-state index in [2.05, 4.69) is 10.6 Å². The highest BCUT2D eigenvalue weighted by Gasteiger charge is 2.38. The number of ether oxygens (including phenoxy) is 1. The van der Waals surface area contributed by atoms with Crippen LogP contribution in [-0.2, 0) is 22.7 Å². The average molecular weight is 471 g/mol. The molecule has 35 heavy (non-hydrogen) atoms. The Bertz CT molecular complexity index is 1260. The fraction of sp³-hybridized carbons (Fsp3) is 0.222. The molecule has 2 heterocycles. The number of carbonyl (C=O) groups excluding carboxylic acids is 3. The predicted octanol–water partition coefficient (Wildman–Crippen LogP) is 3.62. The Morgan fingerprint density at radius 3 is 2.51 bits per heavy atom. The van der Waals surface area contributed by atoms with E-state index in [-0.39, 0.29) is 24.5 Å². The van der Waals surface area contributed by atoms with Gasteiger partial charge < -0.3 is 20.7 Å². The monoisotopic (exact) mass is 470 g/mol. The van der Waals surface area contributed by atoms with Crippen molar-refractivity contribution in [2.24, 2.45) is 5.73 Å². The zero-order valence-corrected chi connectivity index (χ0v) is 19.1. The lowest BCUT2D eigenvalue weighted by molar-refractivity contribution is -0.124. The molecule has 5 rings (SSSR count). The van der Waals surface area contributed by atoms with Crippen molar-refractivity contribution >= 4 is 23.6 Å². The Morgan fingerprint density at radius 2 is 1.77 bits per heavy atom. The second kappa shape index (κ2) is 9.60. The van der Waals surface area contributed by atoms with Gasteiger partial charge in [-0.1, -0.05) is 48.5 Å². The lowest BCUT2D eigenvalue weighted by Gasteiger charge is -2.36. The zero-order chi connectivity index (χ0) is 24.4. The number of nitrogens with one attached hydrogen (secondary N) is 2. The topological polar surface area (TPSA) is 114 Å². The molecule has 8 nitrogen and oxygen atoms in total. The molecule has 178 valence electrons. The summed E-state index contributed by atoms with van der Waals surface area (Å²) in [6.07, 6.45) is -0.158. The molecule has 1 saturated heterocycles. The summed E-state index contributed by atoms with van der Waals surface area (Å²) in [6.45, 7) is 0.664. The number of fused-ring (bicyclic) bond motifs is 1. The molecule has 2 aliphatic heterocycles. The van der Waals surface area contributed by atoms with Crippen molar-refractivity contribution in [3.63, 3.8) is 0 Å². The van der Waals surface area contributed by atoms with E-state index in [1.165, 1.54) is 0 Å². The molecule has 0 saturated carbocycles. The number of anilines is 1. The van der Waals surface area contributed by atoms with E-state index in [1.807, 2.05) is 72.8 Å². The molecule has 1 fully saturated rings. The number of hydrogen-bond donors (Lipinski definition) is 3. The number of carbonyl (C=O) groups is 3. The van der Waals surface area contributed by atoms with Gasteiger partial charge in [0.1, 0.15) is 6.61 Å². The molecule has 2 aliphatic rings. The van der Waals surface area contributed by atoms with Gasteiger partial charge in [0.05, 0.1) is 12.2 Å². The predicted molar refractivity (Wildman–Crippen MR) is 131 cm³/mol. The molecule has 3 aromatic carbocycles. The maximum atomic E-state index is 13.0. The average Bonchev–Trinajstić information content (AvgIpc) is 3.19. The van der Waals surface area contributed by atoms with Gasteiger partial charge in [0, 0.05) is 24.2 Å². The fourth-order valence-corrected chi connectivity index (χ4v) is 4.58. The largest absolute Gasteiger partial charge is 0.444 e. The number of benzene rings is 3. The van der Waals surface area contributed by atoms with Crippen molar-refractivity contribution in [2.75, 3.05) is 5.32 Å². The lowest BCUT2D eigenvalue weighted by Crippen LogP contribution is -2.59. The quantitative estimate of drug-likeness (QED) is 0.527. The van der Waals surface area contributed by atoms with E-state index < -0.39 is 12.3 Å². The molecule has 3 amide bonds. The Balaban J connectivity index is 1.23. The molecule has 0 bridgehead atoms. The third kappa shape index (κ3) is 4.88. The van der Waals surface area contributed by atoms with Crippen LogP contribution < -0.4 is 16.4 Å². The first-order valence-electron chi connectivity index (χ1n) is 11.5. The van der Waals surface area contributed by atoms with Gasteiger partial charge in [-0.15, -0.1) is 0 Å². The van der Waals surface area contributed by atoms with Crippen LogP contribution in [0.2, 0.25) is 0 Å². The second-order valence-corrected chi connectivity index (χ2v) is 8.77. The fourth-order valence-electron chi connectivity index (χ4n) is 4.58. The number of hydrogen-bond acceptors (Lipinski definition) is 5. The van der Waals surface area contributed by atoms with Crippen LogP contribution in [0, 0.1) is 0 Å². The third-order valence-corrected chi connectivity index (χ3v) is 6.42. The first kappa shape index (κ1) is 22.6. The molecule has 0 aliphatic carbocycles. The Morgan fingerprint density at radius 1 is 1.03 bits per heavy atom. The number of nitrogens with two attached hydrogens (primary N) is 1. The number of rotatable bonds is 5. The molecule has 1 unspecified atom stereocenters. The van der Waals surface area contributed by atoms with E-state index in [4.69, 9.17) is 10.5 Å². The van der Waals surface area contributed by atoms with Crippen molar-refractivity contribution in [2.45, 2.75) is 38.2 Å². The van der Waals surface area contributed by atoms with Crippen molar-refractivity contribution < 1.29 is 19.1 Å². The second-order valence-electron chi connectivity index (χ2n) is 8.77. The molecule has 0 spiro atoms. The van der Waals surface area contributed by atoms with E-state index in [0.29, 0.717) is 30.6 Å². The van der Waals surface area contributed by atoms with Gasteiger partial charge in [0.15, 0.2) is 0 Å². The minimum absolute atomic E-state index is 0.0586. The summed E-state index contributed by atoms with van der Waals surface area (Å²) in [5.74, 6) is -0.140. The van der Waals surface area contributed by atoms with Gasteiger partial charge in [-0.25, -0.2) is 4.79 Å². The first-order valence-corrected chi connectivity index (χ1v) is 11.5. The standard InChI is InChI=1S/C27H26N4O4/c28-25-23(12-13-24(32)30-25)31-15-20-14-19(8-11-22(20)26(31)33)18-6-9-21(10-7-18)29-27(34)35-16-17-4-2-1-3-5-17/h1-11,14,23,25H,12-13,15-16,28H2,(H,29,34)(H,30,32)/t23-,25?/m0/s1. The molecule has 4 N–H and O–H groups in total. The smallest absolute Gasteiger partial charge is 0.411 e. The summed E-state index contributed by atoms with van der Waals surface area (Å²) in [7, 11) is 0. The van der Waals surface area contributed by atoms with E-state index >= 15 is 0 Å². The van der Waals surface area contributed by atoms with Gasteiger partial charge in [-0.2, -0.15) is 0 Å². The molecule has 2 atom stereocenters. The van der Waals surface area contributed by atoms with Crippen LogP contribution >= 0.6 is 0 Å². The Labute approximate surface area is 203 Å². The summed E-state index contributed by atoms with van der Waals surface area (Å²) in [4.78, 5) is 38.4. The van der Waals surface area contributed by atoms with E-state index in [1.54, 1.807) is 4.90 Å². The van der Waals surface area contributed by atoms with Gasteiger partial charge in [-0.05, 0) is 52.9 Å². The molecular weight excluding hydrogens is 444 g/mol. The number of piperidine rings is 1. The normalized spacial score (nSPS) is 19.2. The van der Waals surface area contributed by atoms with Gasteiger partial charge in [-0.3, -0.25) is 14.9 Å². The van der Waals surface area contributed by atoms with Crippen LogP contribution in [-0.4, -0.2) is 35.0 Å². The van der Waals surface area contributed by atoms with Crippen LogP contribution in [0.4, 0.5) is 10.5 Å². The molecule has 3 aromatic rings. The van der Waals surface area contributed by atoms with Crippen LogP contribution in [0.25, 0.3) is 11.1 Å². The van der Waals surface area contributed by atoms with Gasteiger partial charge >= 0.3 is 6.09 Å². The summed E-state index contributed by atoms with van der Waals surface area (Å²) >= 11 is 0. The highest BCUT2D eigenvalue weighted by atomic mass is 16.5. The molecule has 0 radical (unpaired) electrons. The maximum absolute atomic E-state index is 13.0.